The summed E-state index contributed by atoms with van der Waals surface area (Å²) in [5.41, 5.74) is 2.83. The molecule has 0 saturated heterocycles. The van der Waals surface area contributed by atoms with Gasteiger partial charge in [0.2, 0.25) is 5.91 Å². The number of nitrogens with one attached hydrogen (secondary N) is 2. The fraction of sp³-hybridized carbons (Fsp3) is 0.429. The molecule has 0 heterocycles. The van der Waals surface area contributed by atoms with Gasteiger partial charge in [-0.05, 0) is 31.4 Å². The van der Waals surface area contributed by atoms with Crippen LogP contribution in [0.15, 0.2) is 30.3 Å². The summed E-state index contributed by atoms with van der Waals surface area (Å²) < 4.78 is 0. The lowest BCUT2D eigenvalue weighted by atomic mass is 9.85. The third kappa shape index (κ3) is 3.54. The molecule has 5 heteroatoms. The largest absolute Gasteiger partial charge is 0.349 e. The summed E-state index contributed by atoms with van der Waals surface area (Å²) in [6, 6.07) is 9.15. The second-order valence-corrected chi connectivity index (χ2v) is 4.91. The standard InChI is InChI=1S/C14H19N3O2/c15-17-14(19)11-7-4-8-12(9-11)16-13(18)10-5-2-1-3-6-10/h1-3,5-6,11-12H,4,7-9,15H2,(H,16,18)(H,17,19). The SMILES string of the molecule is NNC(=O)C1CCCC(NC(=O)c2ccccc2)C1. The van der Waals surface area contributed by atoms with Gasteiger partial charge in [-0.1, -0.05) is 24.6 Å². The number of nitrogens with two attached hydrogens (primary N) is 1. The van der Waals surface area contributed by atoms with Gasteiger partial charge in [-0.2, -0.15) is 0 Å². The molecular weight excluding hydrogens is 242 g/mol. The van der Waals surface area contributed by atoms with Crippen LogP contribution in [0, 0.1) is 5.92 Å². The van der Waals surface area contributed by atoms with Crippen LogP contribution in [-0.2, 0) is 4.79 Å². The van der Waals surface area contributed by atoms with Gasteiger partial charge in [0.1, 0.15) is 0 Å². The lowest BCUT2D eigenvalue weighted by molar-refractivity contribution is -0.126. The number of hydrogen-bond donors (Lipinski definition) is 3. The highest BCUT2D eigenvalue weighted by atomic mass is 16.2. The molecule has 4 N–H and O–H groups in total. The van der Waals surface area contributed by atoms with Gasteiger partial charge < -0.3 is 5.32 Å². The van der Waals surface area contributed by atoms with Crippen molar-refractivity contribution in [1.82, 2.24) is 10.7 Å². The van der Waals surface area contributed by atoms with E-state index in [0.717, 1.165) is 19.3 Å². The van der Waals surface area contributed by atoms with Gasteiger partial charge in [-0.3, -0.25) is 15.0 Å². The lowest BCUT2D eigenvalue weighted by Crippen LogP contribution is -2.44. The van der Waals surface area contributed by atoms with Crippen molar-refractivity contribution in [2.24, 2.45) is 11.8 Å². The summed E-state index contributed by atoms with van der Waals surface area (Å²) in [5, 5.41) is 2.98. The van der Waals surface area contributed by atoms with Gasteiger partial charge in [-0.15, -0.1) is 0 Å². The van der Waals surface area contributed by atoms with Gasteiger partial charge >= 0.3 is 0 Å². The average Bonchev–Trinajstić information content (AvgIpc) is 2.47. The van der Waals surface area contributed by atoms with Crippen molar-refractivity contribution < 1.29 is 9.59 Å². The Hall–Kier alpha value is -1.88. The van der Waals surface area contributed by atoms with Gasteiger partial charge in [0, 0.05) is 17.5 Å². The minimum absolute atomic E-state index is 0.0451. The minimum Gasteiger partial charge on any atom is -0.349 e. The van der Waals surface area contributed by atoms with Crippen molar-refractivity contribution in [2.45, 2.75) is 31.7 Å². The van der Waals surface area contributed by atoms with E-state index >= 15 is 0 Å². The Labute approximate surface area is 112 Å². The molecule has 1 fully saturated rings. The van der Waals surface area contributed by atoms with Crippen molar-refractivity contribution in [3.05, 3.63) is 35.9 Å². The van der Waals surface area contributed by atoms with Crippen LogP contribution >= 0.6 is 0 Å². The number of hydrazine groups is 1. The summed E-state index contributed by atoms with van der Waals surface area (Å²) in [6.45, 7) is 0. The molecule has 0 bridgehead atoms. The first kappa shape index (κ1) is 13.5. The van der Waals surface area contributed by atoms with E-state index < -0.39 is 0 Å². The Kier molecular flexibility index (Phi) is 4.52. The smallest absolute Gasteiger partial charge is 0.251 e. The molecule has 1 aliphatic carbocycles. The molecule has 0 aliphatic heterocycles. The van der Waals surface area contributed by atoms with Crippen molar-refractivity contribution in [1.29, 1.82) is 0 Å². The van der Waals surface area contributed by atoms with Crippen LogP contribution in [0.1, 0.15) is 36.0 Å². The normalized spacial score (nSPS) is 22.6. The first-order valence-corrected chi connectivity index (χ1v) is 6.57. The number of carbonyl (C=O) groups is 2. The maximum absolute atomic E-state index is 12.0. The fourth-order valence-electron chi connectivity index (χ4n) is 2.54. The maximum Gasteiger partial charge on any atom is 0.251 e. The number of hydrogen-bond acceptors (Lipinski definition) is 3. The zero-order valence-corrected chi connectivity index (χ0v) is 10.8. The quantitative estimate of drug-likeness (QED) is 0.430. The van der Waals surface area contributed by atoms with Crippen molar-refractivity contribution in [3.8, 4) is 0 Å². The van der Waals surface area contributed by atoms with E-state index in [9.17, 15) is 9.59 Å². The molecule has 2 rings (SSSR count). The molecular formula is C14H19N3O2. The van der Waals surface area contributed by atoms with Crippen LogP contribution in [-0.4, -0.2) is 17.9 Å². The Balaban J connectivity index is 1.92. The van der Waals surface area contributed by atoms with Crippen molar-refractivity contribution >= 4 is 11.8 Å². The zero-order valence-electron chi connectivity index (χ0n) is 10.8. The van der Waals surface area contributed by atoms with E-state index in [1.807, 2.05) is 18.2 Å². The monoisotopic (exact) mass is 261 g/mol. The Morgan fingerprint density at radius 2 is 1.89 bits per heavy atom. The average molecular weight is 261 g/mol. The predicted octanol–water partition coefficient (Wildman–Crippen LogP) is 0.965. The van der Waals surface area contributed by atoms with E-state index in [1.54, 1.807) is 12.1 Å². The Morgan fingerprint density at radius 1 is 1.16 bits per heavy atom. The molecule has 2 atom stereocenters. The van der Waals surface area contributed by atoms with E-state index in [4.69, 9.17) is 5.84 Å². The first-order chi connectivity index (χ1) is 9.20. The van der Waals surface area contributed by atoms with Gasteiger partial charge in [0.15, 0.2) is 0 Å². The molecule has 1 aromatic rings. The van der Waals surface area contributed by atoms with Crippen molar-refractivity contribution in [3.63, 3.8) is 0 Å². The first-order valence-electron chi connectivity index (χ1n) is 6.57. The summed E-state index contributed by atoms with van der Waals surface area (Å²) in [4.78, 5) is 23.5. The highest BCUT2D eigenvalue weighted by molar-refractivity contribution is 5.94. The van der Waals surface area contributed by atoms with E-state index in [1.165, 1.54) is 0 Å². The molecule has 2 amide bonds. The number of rotatable bonds is 3. The molecule has 5 nitrogen and oxygen atoms in total. The maximum atomic E-state index is 12.0. The van der Waals surface area contributed by atoms with E-state index in [0.29, 0.717) is 12.0 Å². The molecule has 1 aromatic carbocycles. The molecule has 0 spiro atoms. The molecule has 1 aliphatic rings. The zero-order chi connectivity index (χ0) is 13.7. The Bertz CT molecular complexity index is 447. The molecule has 0 radical (unpaired) electrons. The predicted molar refractivity (Wildman–Crippen MR) is 72.0 cm³/mol. The van der Waals surface area contributed by atoms with E-state index in [2.05, 4.69) is 10.7 Å². The third-order valence-electron chi connectivity index (χ3n) is 3.56. The Morgan fingerprint density at radius 3 is 2.58 bits per heavy atom. The number of carbonyl (C=O) groups excluding carboxylic acids is 2. The van der Waals surface area contributed by atoms with Gasteiger partial charge in [-0.25, -0.2) is 5.84 Å². The highest BCUT2D eigenvalue weighted by Crippen LogP contribution is 2.24. The lowest BCUT2D eigenvalue weighted by Gasteiger charge is -2.28. The molecule has 19 heavy (non-hydrogen) atoms. The summed E-state index contributed by atoms with van der Waals surface area (Å²) in [6.07, 6.45) is 3.33. The van der Waals surface area contributed by atoms with Gasteiger partial charge in [0.25, 0.3) is 5.91 Å². The molecule has 1 saturated carbocycles. The van der Waals surface area contributed by atoms with Crippen molar-refractivity contribution in [2.75, 3.05) is 0 Å². The third-order valence-corrected chi connectivity index (χ3v) is 3.56. The molecule has 102 valence electrons. The topological polar surface area (TPSA) is 84.2 Å². The summed E-state index contributed by atoms with van der Waals surface area (Å²) in [7, 11) is 0. The van der Waals surface area contributed by atoms with Crippen LogP contribution in [0.4, 0.5) is 0 Å². The minimum atomic E-state index is -0.140. The molecule has 2 unspecified atom stereocenters. The second kappa shape index (κ2) is 6.33. The van der Waals surface area contributed by atoms with Crippen LogP contribution < -0.4 is 16.6 Å². The van der Waals surface area contributed by atoms with Crippen LogP contribution in [0.2, 0.25) is 0 Å². The summed E-state index contributed by atoms with van der Waals surface area (Å²) >= 11 is 0. The molecule has 0 aromatic heterocycles. The second-order valence-electron chi connectivity index (χ2n) is 4.91. The van der Waals surface area contributed by atoms with Crippen LogP contribution in [0.3, 0.4) is 0 Å². The highest BCUT2D eigenvalue weighted by Gasteiger charge is 2.27. The number of amides is 2. The van der Waals surface area contributed by atoms with Gasteiger partial charge in [0.05, 0.1) is 0 Å². The van der Waals surface area contributed by atoms with Crippen LogP contribution in [0.5, 0.6) is 0 Å². The summed E-state index contributed by atoms with van der Waals surface area (Å²) in [5.74, 6) is 4.83. The number of benzene rings is 1. The fourth-order valence-corrected chi connectivity index (χ4v) is 2.54. The van der Waals surface area contributed by atoms with Crippen LogP contribution in [0.25, 0.3) is 0 Å². The van der Waals surface area contributed by atoms with E-state index in [-0.39, 0.29) is 23.8 Å².